The summed E-state index contributed by atoms with van der Waals surface area (Å²) in [6, 6.07) is 11.5. The zero-order valence-electron chi connectivity index (χ0n) is 19.6. The van der Waals surface area contributed by atoms with Crippen LogP contribution in [0.3, 0.4) is 0 Å². The van der Waals surface area contributed by atoms with Gasteiger partial charge in [0.25, 0.3) is 0 Å². The summed E-state index contributed by atoms with van der Waals surface area (Å²) in [5, 5.41) is 9.83. The molecule has 0 atom stereocenters. The standard InChI is InChI=1S/C28H39N3/c1-3-5-7-9-17-28(22-29)18-15-25(16-19-28)24-11-13-26(14-12-24)27-30-20-23(21-31-27)10-8-6-4-2/h11-14,20-21,25H,3-10,15-19H2,1-2H3/t25-,28-. The van der Waals surface area contributed by atoms with Crippen LogP contribution in [0.2, 0.25) is 0 Å². The van der Waals surface area contributed by atoms with Crippen molar-refractivity contribution in [2.75, 3.05) is 0 Å². The van der Waals surface area contributed by atoms with Crippen molar-refractivity contribution in [3.63, 3.8) is 0 Å². The number of nitrogens with zero attached hydrogens (tertiary/aromatic N) is 3. The smallest absolute Gasteiger partial charge is 0.159 e. The second-order valence-electron chi connectivity index (χ2n) is 9.47. The van der Waals surface area contributed by atoms with Crippen LogP contribution in [-0.4, -0.2) is 9.97 Å². The summed E-state index contributed by atoms with van der Waals surface area (Å²) in [7, 11) is 0. The van der Waals surface area contributed by atoms with E-state index < -0.39 is 0 Å². The Bertz CT molecular complexity index is 809. The lowest BCUT2D eigenvalue weighted by atomic mass is 9.67. The van der Waals surface area contributed by atoms with Crippen LogP contribution < -0.4 is 0 Å². The first-order chi connectivity index (χ1) is 15.2. The van der Waals surface area contributed by atoms with E-state index in [-0.39, 0.29) is 5.41 Å². The maximum Gasteiger partial charge on any atom is 0.159 e. The van der Waals surface area contributed by atoms with E-state index in [2.05, 4.69) is 54.2 Å². The minimum Gasteiger partial charge on any atom is -0.236 e. The molecule has 0 saturated heterocycles. The second-order valence-corrected chi connectivity index (χ2v) is 9.47. The zero-order valence-corrected chi connectivity index (χ0v) is 19.6. The number of aromatic nitrogens is 2. The molecule has 3 nitrogen and oxygen atoms in total. The van der Waals surface area contributed by atoms with E-state index >= 15 is 0 Å². The third-order valence-corrected chi connectivity index (χ3v) is 7.10. The van der Waals surface area contributed by atoms with Crippen LogP contribution in [0, 0.1) is 16.7 Å². The fourth-order valence-electron chi connectivity index (χ4n) is 4.93. The molecule has 0 bridgehead atoms. The number of rotatable bonds is 11. The van der Waals surface area contributed by atoms with Crippen LogP contribution in [0.4, 0.5) is 0 Å². The maximum atomic E-state index is 9.83. The lowest BCUT2D eigenvalue weighted by Gasteiger charge is -2.35. The largest absolute Gasteiger partial charge is 0.236 e. The van der Waals surface area contributed by atoms with E-state index in [1.54, 1.807) is 0 Å². The Kier molecular flexibility index (Phi) is 9.07. The SMILES string of the molecule is CCCCCC[C@]1(C#N)CC[C@H](c2ccc(-c3ncc(CCCCC)cn3)cc2)CC1. The van der Waals surface area contributed by atoms with Gasteiger partial charge in [-0.3, -0.25) is 0 Å². The number of benzene rings is 1. The monoisotopic (exact) mass is 417 g/mol. The summed E-state index contributed by atoms with van der Waals surface area (Å²) in [5.41, 5.74) is 3.64. The second kappa shape index (κ2) is 12.0. The van der Waals surface area contributed by atoms with Crippen molar-refractivity contribution in [3.8, 4) is 17.5 Å². The van der Waals surface area contributed by atoms with Gasteiger partial charge in [0.2, 0.25) is 0 Å². The Morgan fingerprint density at radius 2 is 1.55 bits per heavy atom. The minimum atomic E-state index is -0.0725. The van der Waals surface area contributed by atoms with Crippen LogP contribution >= 0.6 is 0 Å². The molecule has 0 radical (unpaired) electrons. The molecule has 1 fully saturated rings. The molecule has 1 aliphatic rings. The highest BCUT2D eigenvalue weighted by molar-refractivity contribution is 5.55. The van der Waals surface area contributed by atoms with E-state index in [4.69, 9.17) is 0 Å². The van der Waals surface area contributed by atoms with Crippen molar-refractivity contribution < 1.29 is 0 Å². The minimum absolute atomic E-state index is 0.0725. The Morgan fingerprint density at radius 1 is 0.903 bits per heavy atom. The predicted octanol–water partition coefficient (Wildman–Crippen LogP) is 8.01. The summed E-state index contributed by atoms with van der Waals surface area (Å²) < 4.78 is 0. The first-order valence-electron chi connectivity index (χ1n) is 12.5. The van der Waals surface area contributed by atoms with E-state index in [1.807, 2.05) is 12.4 Å². The molecule has 0 N–H and O–H groups in total. The van der Waals surface area contributed by atoms with Crippen molar-refractivity contribution in [2.24, 2.45) is 5.41 Å². The topological polar surface area (TPSA) is 49.6 Å². The fraction of sp³-hybridized carbons (Fsp3) is 0.607. The van der Waals surface area contributed by atoms with Crippen LogP contribution in [0.15, 0.2) is 36.7 Å². The molecule has 3 heteroatoms. The number of unbranched alkanes of at least 4 members (excludes halogenated alkanes) is 5. The molecule has 0 spiro atoms. The zero-order chi connectivity index (χ0) is 21.9. The van der Waals surface area contributed by atoms with Crippen LogP contribution in [0.5, 0.6) is 0 Å². The highest BCUT2D eigenvalue weighted by Gasteiger charge is 2.35. The third-order valence-electron chi connectivity index (χ3n) is 7.10. The van der Waals surface area contributed by atoms with Crippen molar-refractivity contribution in [1.29, 1.82) is 5.26 Å². The third kappa shape index (κ3) is 6.63. The van der Waals surface area contributed by atoms with Gasteiger partial charge in [-0.15, -0.1) is 0 Å². The number of hydrogen-bond donors (Lipinski definition) is 0. The Hall–Kier alpha value is -2.21. The highest BCUT2D eigenvalue weighted by Crippen LogP contribution is 2.45. The van der Waals surface area contributed by atoms with Gasteiger partial charge in [-0.25, -0.2) is 9.97 Å². The molecule has 166 valence electrons. The maximum absolute atomic E-state index is 9.83. The fourth-order valence-corrected chi connectivity index (χ4v) is 4.93. The van der Waals surface area contributed by atoms with E-state index in [0.717, 1.165) is 49.9 Å². The number of aryl methyl sites for hydroxylation is 1. The van der Waals surface area contributed by atoms with Gasteiger partial charge in [-0.2, -0.15) is 5.26 Å². The summed E-state index contributed by atoms with van der Waals surface area (Å²) in [4.78, 5) is 9.19. The van der Waals surface area contributed by atoms with Gasteiger partial charge in [0, 0.05) is 18.0 Å². The summed E-state index contributed by atoms with van der Waals surface area (Å²) >= 11 is 0. The molecule has 3 rings (SSSR count). The Balaban J connectivity index is 1.54. The highest BCUT2D eigenvalue weighted by atomic mass is 14.9. The lowest BCUT2D eigenvalue weighted by molar-refractivity contribution is 0.223. The first-order valence-corrected chi connectivity index (χ1v) is 12.5. The molecule has 31 heavy (non-hydrogen) atoms. The summed E-state index contributed by atoms with van der Waals surface area (Å²) in [6.07, 6.45) is 19.2. The van der Waals surface area contributed by atoms with Gasteiger partial charge in [-0.05, 0) is 62.0 Å². The van der Waals surface area contributed by atoms with E-state index in [0.29, 0.717) is 5.92 Å². The van der Waals surface area contributed by atoms with E-state index in [9.17, 15) is 5.26 Å². The summed E-state index contributed by atoms with van der Waals surface area (Å²) in [6.45, 7) is 4.47. The van der Waals surface area contributed by atoms with Crippen molar-refractivity contribution in [1.82, 2.24) is 9.97 Å². The summed E-state index contributed by atoms with van der Waals surface area (Å²) in [5.74, 6) is 1.39. The average Bonchev–Trinajstić information content (AvgIpc) is 2.83. The van der Waals surface area contributed by atoms with Gasteiger partial charge >= 0.3 is 0 Å². The molecule has 1 aliphatic carbocycles. The van der Waals surface area contributed by atoms with Crippen LogP contribution in [0.25, 0.3) is 11.4 Å². The first kappa shape index (κ1) is 23.5. The molecule has 1 saturated carbocycles. The van der Waals surface area contributed by atoms with E-state index in [1.165, 1.54) is 56.1 Å². The molecule has 1 heterocycles. The van der Waals surface area contributed by atoms with Gasteiger partial charge in [0.1, 0.15) is 0 Å². The van der Waals surface area contributed by atoms with Gasteiger partial charge < -0.3 is 0 Å². The van der Waals surface area contributed by atoms with Gasteiger partial charge in [0.05, 0.1) is 11.5 Å². The molecular weight excluding hydrogens is 378 g/mol. The molecule has 2 aromatic rings. The lowest BCUT2D eigenvalue weighted by Crippen LogP contribution is -2.25. The van der Waals surface area contributed by atoms with Crippen LogP contribution in [-0.2, 0) is 6.42 Å². The Labute approximate surface area is 189 Å². The molecule has 0 unspecified atom stereocenters. The molecule has 1 aromatic heterocycles. The number of nitriles is 1. The van der Waals surface area contributed by atoms with Gasteiger partial charge in [0.15, 0.2) is 5.82 Å². The average molecular weight is 418 g/mol. The number of hydrogen-bond acceptors (Lipinski definition) is 3. The van der Waals surface area contributed by atoms with Crippen molar-refractivity contribution in [2.45, 2.75) is 103 Å². The molecule has 0 amide bonds. The predicted molar refractivity (Wildman–Crippen MR) is 129 cm³/mol. The molecule has 0 aliphatic heterocycles. The van der Waals surface area contributed by atoms with Crippen molar-refractivity contribution >= 4 is 0 Å². The quantitative estimate of drug-likeness (QED) is 0.348. The normalized spacial score (nSPS) is 21.0. The van der Waals surface area contributed by atoms with Crippen molar-refractivity contribution in [3.05, 3.63) is 47.8 Å². The molecular formula is C28H39N3. The Morgan fingerprint density at radius 3 is 2.16 bits per heavy atom. The molecule has 1 aromatic carbocycles. The van der Waals surface area contributed by atoms with Crippen LogP contribution in [0.1, 0.15) is 108 Å². The van der Waals surface area contributed by atoms with Gasteiger partial charge in [-0.1, -0.05) is 76.6 Å².